The molecule has 1 atom stereocenters. The number of benzene rings is 1. The van der Waals surface area contributed by atoms with Crippen LogP contribution in [0.15, 0.2) is 37.0 Å². The van der Waals surface area contributed by atoms with E-state index in [-0.39, 0.29) is 25.2 Å². The van der Waals surface area contributed by atoms with Gasteiger partial charge in [-0.2, -0.15) is 10.2 Å². The van der Waals surface area contributed by atoms with Gasteiger partial charge in [-0.25, -0.2) is 9.07 Å². The smallest absolute Gasteiger partial charge is 0.228 e. The molecule has 9 nitrogen and oxygen atoms in total. The number of carbonyl (C=O) groups is 1. The van der Waals surface area contributed by atoms with Crippen LogP contribution >= 0.6 is 22.6 Å². The van der Waals surface area contributed by atoms with Gasteiger partial charge in [0.05, 0.1) is 51.0 Å². The second-order valence-corrected chi connectivity index (χ2v) is 11.2. The van der Waals surface area contributed by atoms with Gasteiger partial charge in [0.1, 0.15) is 18.2 Å². The fraction of sp³-hybridized carbons (Fsp3) is 0.400. The number of hydrogen-bond acceptors (Lipinski definition) is 6. The van der Waals surface area contributed by atoms with Gasteiger partial charge in [0.2, 0.25) is 5.91 Å². The molecule has 0 N–H and O–H groups in total. The van der Waals surface area contributed by atoms with Gasteiger partial charge in [-0.3, -0.25) is 14.5 Å². The van der Waals surface area contributed by atoms with Crippen molar-refractivity contribution in [1.29, 1.82) is 0 Å². The average Bonchev–Trinajstić information content (AvgIpc) is 3.49. The zero-order chi connectivity index (χ0) is 29.1. The Bertz CT molecular complexity index is 1580. The first-order chi connectivity index (χ1) is 19.8. The van der Waals surface area contributed by atoms with Crippen LogP contribution in [0.25, 0.3) is 28.2 Å². The summed E-state index contributed by atoms with van der Waals surface area (Å²) in [7, 11) is 3.61. The molecule has 3 aromatic heterocycles. The van der Waals surface area contributed by atoms with E-state index in [0.717, 1.165) is 51.5 Å². The molecule has 41 heavy (non-hydrogen) atoms. The number of likely N-dealkylation sites (N-methyl/N-ethyl adjacent to an activating group) is 1. The van der Waals surface area contributed by atoms with Crippen LogP contribution in [-0.2, 0) is 29.4 Å². The van der Waals surface area contributed by atoms with Crippen LogP contribution in [0.4, 0.5) is 4.39 Å². The van der Waals surface area contributed by atoms with E-state index in [1.807, 2.05) is 17.8 Å². The number of carbonyl (C=O) groups excluding carboxylic acids is 1. The summed E-state index contributed by atoms with van der Waals surface area (Å²) in [4.78, 5) is 19.2. The van der Waals surface area contributed by atoms with E-state index < -0.39 is 5.82 Å². The van der Waals surface area contributed by atoms with Crippen LogP contribution in [0.5, 0.6) is 5.75 Å². The molecule has 1 aliphatic heterocycles. The van der Waals surface area contributed by atoms with Gasteiger partial charge < -0.3 is 14.4 Å². The topological polar surface area (TPSA) is 87.3 Å². The first-order valence-electron chi connectivity index (χ1n) is 13.8. The van der Waals surface area contributed by atoms with Gasteiger partial charge in [-0.05, 0) is 78.6 Å². The lowest BCUT2D eigenvalue weighted by Crippen LogP contribution is -2.32. The molecule has 0 aliphatic carbocycles. The predicted octanol–water partition coefficient (Wildman–Crippen LogP) is 5.56. The molecule has 0 radical (unpaired) electrons. The molecule has 11 heteroatoms. The number of nitrogens with zero attached hydrogens (tertiary/aromatic N) is 6. The van der Waals surface area contributed by atoms with Crippen molar-refractivity contribution < 1.29 is 18.7 Å². The van der Waals surface area contributed by atoms with Crippen molar-refractivity contribution in [2.24, 2.45) is 7.05 Å². The maximum absolute atomic E-state index is 14.4. The number of aromatic nitrogens is 5. The van der Waals surface area contributed by atoms with Crippen molar-refractivity contribution in [2.75, 3.05) is 26.8 Å². The predicted molar refractivity (Wildman–Crippen MR) is 164 cm³/mol. The number of hydrogen-bond donors (Lipinski definition) is 0. The molecule has 1 fully saturated rings. The van der Waals surface area contributed by atoms with Crippen LogP contribution in [0, 0.1) is 9.39 Å². The van der Waals surface area contributed by atoms with E-state index in [0.29, 0.717) is 35.9 Å². The lowest BCUT2D eigenvalue weighted by Gasteiger charge is -2.23. The number of ether oxygens (including phenoxy) is 2. The Morgan fingerprint density at radius 2 is 2.15 bits per heavy atom. The minimum absolute atomic E-state index is 0.0282. The van der Waals surface area contributed by atoms with Gasteiger partial charge in [0.25, 0.3) is 0 Å². The van der Waals surface area contributed by atoms with E-state index in [1.54, 1.807) is 35.0 Å². The molecule has 1 aromatic carbocycles. The second-order valence-electron chi connectivity index (χ2n) is 10.1. The summed E-state index contributed by atoms with van der Waals surface area (Å²) >= 11 is 2.26. The number of rotatable bonds is 10. The third kappa shape index (κ3) is 6.15. The number of aryl methyl sites for hydroxylation is 2. The fourth-order valence-electron chi connectivity index (χ4n) is 5.03. The summed E-state index contributed by atoms with van der Waals surface area (Å²) in [6, 6.07) is 6.25. The molecule has 0 bridgehead atoms. The van der Waals surface area contributed by atoms with E-state index in [2.05, 4.69) is 46.2 Å². The molecule has 1 unspecified atom stereocenters. The zero-order valence-electron chi connectivity index (χ0n) is 23.6. The molecule has 1 aliphatic rings. The van der Waals surface area contributed by atoms with Crippen molar-refractivity contribution in [3.05, 3.63) is 63.5 Å². The Kier molecular flexibility index (Phi) is 9.03. The van der Waals surface area contributed by atoms with Crippen molar-refractivity contribution in [2.45, 2.75) is 45.3 Å². The normalized spacial score (nSPS) is 15.3. The molecule has 1 amide bonds. The Hall–Kier alpha value is -3.32. The number of halogens is 2. The van der Waals surface area contributed by atoms with Crippen LogP contribution in [-0.4, -0.2) is 62.2 Å². The van der Waals surface area contributed by atoms with Gasteiger partial charge in [0, 0.05) is 31.7 Å². The molecule has 5 rings (SSSR count). The molecular weight excluding hydrogens is 638 g/mol. The number of amides is 1. The van der Waals surface area contributed by atoms with Gasteiger partial charge in [-0.1, -0.05) is 13.5 Å². The zero-order valence-corrected chi connectivity index (χ0v) is 25.7. The lowest BCUT2D eigenvalue weighted by molar-refractivity contribution is -0.129. The highest BCUT2D eigenvalue weighted by Crippen LogP contribution is 2.34. The lowest BCUT2D eigenvalue weighted by atomic mass is 10.1. The van der Waals surface area contributed by atoms with Crippen LogP contribution in [0.2, 0.25) is 0 Å². The van der Waals surface area contributed by atoms with Crippen molar-refractivity contribution in [3.8, 4) is 17.0 Å². The average molecular weight is 673 g/mol. The van der Waals surface area contributed by atoms with Crippen LogP contribution in [0.1, 0.15) is 49.5 Å². The molecule has 4 heterocycles. The van der Waals surface area contributed by atoms with Gasteiger partial charge >= 0.3 is 0 Å². The summed E-state index contributed by atoms with van der Waals surface area (Å²) < 4.78 is 31.1. The summed E-state index contributed by atoms with van der Waals surface area (Å²) in [5, 5.41) is 10.1. The number of fused-ring (bicyclic) bond motifs is 1. The molecule has 216 valence electrons. The highest BCUT2D eigenvalue weighted by molar-refractivity contribution is 14.1. The monoisotopic (exact) mass is 672 g/mol. The molecule has 0 saturated carbocycles. The summed E-state index contributed by atoms with van der Waals surface area (Å²) in [6.45, 7) is 7.28. The van der Waals surface area contributed by atoms with Crippen molar-refractivity contribution in [1.82, 2.24) is 29.4 Å². The summed E-state index contributed by atoms with van der Waals surface area (Å²) in [5.41, 5.74) is 4.53. The third-order valence-electron chi connectivity index (χ3n) is 7.39. The largest absolute Gasteiger partial charge is 0.491 e. The molecule has 4 aromatic rings. The quantitative estimate of drug-likeness (QED) is 0.205. The van der Waals surface area contributed by atoms with E-state index >= 15 is 0 Å². The summed E-state index contributed by atoms with van der Waals surface area (Å²) in [5.74, 6) is 0.0598. The Morgan fingerprint density at radius 3 is 2.85 bits per heavy atom. The molecular formula is C30H34FIN6O3. The standard InChI is InChI=1S/C30H34FIN6O3/c1-5-22-20-16-24(33-18-26(20)38(35-22)29-9-7-8-13-41-29)21-15-19(31)10-11-27(21)40-14-12-36(3)28(39)17-25-30(32)23(6-2)34-37(25)4/h5,10-11,15-16,18,29H,1,6-9,12-14,17H2,2-4H3. The highest BCUT2D eigenvalue weighted by atomic mass is 127. The Morgan fingerprint density at radius 1 is 1.32 bits per heavy atom. The molecule has 1 saturated heterocycles. The highest BCUT2D eigenvalue weighted by Gasteiger charge is 2.22. The van der Waals surface area contributed by atoms with Crippen LogP contribution < -0.4 is 4.74 Å². The van der Waals surface area contributed by atoms with E-state index in [9.17, 15) is 9.18 Å². The third-order valence-corrected chi connectivity index (χ3v) is 8.64. The van der Waals surface area contributed by atoms with Crippen LogP contribution in [0.3, 0.4) is 0 Å². The minimum Gasteiger partial charge on any atom is -0.491 e. The van der Waals surface area contributed by atoms with E-state index in [1.165, 1.54) is 12.1 Å². The first kappa shape index (κ1) is 29.2. The Labute approximate surface area is 252 Å². The first-order valence-corrected chi connectivity index (χ1v) is 14.9. The second kappa shape index (κ2) is 12.7. The van der Waals surface area contributed by atoms with Gasteiger partial charge in [-0.15, -0.1) is 0 Å². The maximum Gasteiger partial charge on any atom is 0.228 e. The SMILES string of the molecule is C=Cc1nn(C2CCCCO2)c2cnc(-c3cc(F)ccc3OCCN(C)C(=O)Cc3c(I)c(CC)nn3C)cc12. The maximum atomic E-state index is 14.4. The molecule has 0 spiro atoms. The van der Waals surface area contributed by atoms with Crippen molar-refractivity contribution >= 4 is 45.5 Å². The minimum atomic E-state index is -0.394. The fourth-order valence-corrected chi connectivity index (χ4v) is 6.06. The van der Waals surface area contributed by atoms with Gasteiger partial charge in [0.15, 0.2) is 6.23 Å². The van der Waals surface area contributed by atoms with Crippen molar-refractivity contribution in [3.63, 3.8) is 0 Å². The number of pyridine rings is 1. The summed E-state index contributed by atoms with van der Waals surface area (Å²) in [6.07, 6.45) is 7.39. The van der Waals surface area contributed by atoms with E-state index in [4.69, 9.17) is 14.6 Å². The Balaban J connectivity index is 1.32.